The number of hydrogen-bond donors (Lipinski definition) is 1. The maximum Gasteiger partial charge on any atom is 0.293 e. The van der Waals surface area contributed by atoms with E-state index in [9.17, 15) is 0 Å². The molecule has 0 fully saturated rings. The van der Waals surface area contributed by atoms with Crippen molar-refractivity contribution in [2.75, 3.05) is 11.5 Å². The van der Waals surface area contributed by atoms with Crippen LogP contribution in [0.25, 0.3) is 11.7 Å². The van der Waals surface area contributed by atoms with Gasteiger partial charge in [0.05, 0.1) is 12.8 Å². The van der Waals surface area contributed by atoms with E-state index in [1.807, 2.05) is 11.8 Å². The average Bonchev–Trinajstić information content (AvgIpc) is 3.03. The molecule has 2 aromatic rings. The lowest BCUT2D eigenvalue weighted by atomic mass is 10.4. The second kappa shape index (κ2) is 6.61. The average molecular weight is 267 g/mol. The molecule has 98 valence electrons. The zero-order valence-corrected chi connectivity index (χ0v) is 11.4. The molecule has 5 nitrogen and oxygen atoms in total. The molecule has 2 rings (SSSR count). The van der Waals surface area contributed by atoms with Crippen molar-refractivity contribution < 1.29 is 8.94 Å². The quantitative estimate of drug-likeness (QED) is 0.831. The van der Waals surface area contributed by atoms with Gasteiger partial charge in [-0.15, -0.1) is 0 Å². The molecule has 0 radical (unpaired) electrons. The minimum atomic E-state index is 0.424. The molecule has 0 aliphatic rings. The first-order valence-electron chi connectivity index (χ1n) is 5.97. The normalized spacial score (nSPS) is 12.8. The van der Waals surface area contributed by atoms with Crippen LogP contribution < -0.4 is 5.32 Å². The number of thioether (sulfide) groups is 1. The monoisotopic (exact) mass is 267 g/mol. The third kappa shape index (κ3) is 3.61. The van der Waals surface area contributed by atoms with Gasteiger partial charge in [-0.2, -0.15) is 16.7 Å². The molecule has 0 saturated heterocycles. The first kappa shape index (κ1) is 13.2. The summed E-state index contributed by atoms with van der Waals surface area (Å²) in [4.78, 5) is 4.26. The van der Waals surface area contributed by atoms with E-state index in [0.29, 0.717) is 30.1 Å². The highest BCUT2D eigenvalue weighted by Gasteiger charge is 2.11. The molecule has 0 saturated carbocycles. The van der Waals surface area contributed by atoms with Crippen LogP contribution in [0.15, 0.2) is 27.3 Å². The molecule has 0 aromatic carbocycles. The Bertz CT molecular complexity index is 456. The fourth-order valence-corrected chi connectivity index (χ4v) is 2.15. The SMILES string of the molecule is CCSCC(C)NCc1noc(-c2ccco2)n1. The summed E-state index contributed by atoms with van der Waals surface area (Å²) >= 11 is 1.91. The van der Waals surface area contributed by atoms with E-state index in [2.05, 4.69) is 29.3 Å². The summed E-state index contributed by atoms with van der Waals surface area (Å²) < 4.78 is 10.3. The van der Waals surface area contributed by atoms with Gasteiger partial charge in [-0.1, -0.05) is 12.1 Å². The Morgan fingerprint density at radius 1 is 1.50 bits per heavy atom. The lowest BCUT2D eigenvalue weighted by molar-refractivity contribution is 0.405. The van der Waals surface area contributed by atoms with Gasteiger partial charge in [0, 0.05) is 11.8 Å². The number of furan rings is 1. The minimum Gasteiger partial charge on any atom is -0.459 e. The predicted octanol–water partition coefficient (Wildman–Crippen LogP) is 2.56. The smallest absolute Gasteiger partial charge is 0.293 e. The van der Waals surface area contributed by atoms with E-state index in [1.165, 1.54) is 0 Å². The molecule has 0 bridgehead atoms. The fraction of sp³-hybridized carbons (Fsp3) is 0.500. The van der Waals surface area contributed by atoms with Crippen LogP contribution in [0.5, 0.6) is 0 Å². The summed E-state index contributed by atoms with van der Waals surface area (Å²) in [6, 6.07) is 4.02. The van der Waals surface area contributed by atoms with Crippen molar-refractivity contribution in [1.82, 2.24) is 15.5 Å². The van der Waals surface area contributed by atoms with E-state index >= 15 is 0 Å². The number of aromatic nitrogens is 2. The molecule has 2 heterocycles. The lowest BCUT2D eigenvalue weighted by Gasteiger charge is -2.10. The van der Waals surface area contributed by atoms with Gasteiger partial charge in [0.1, 0.15) is 0 Å². The van der Waals surface area contributed by atoms with Crippen molar-refractivity contribution in [3.05, 3.63) is 24.2 Å². The molecular weight excluding hydrogens is 250 g/mol. The Kier molecular flexibility index (Phi) is 4.83. The second-order valence-corrected chi connectivity index (χ2v) is 5.25. The topological polar surface area (TPSA) is 64.1 Å². The van der Waals surface area contributed by atoms with Crippen LogP contribution in [0.1, 0.15) is 19.7 Å². The molecule has 18 heavy (non-hydrogen) atoms. The van der Waals surface area contributed by atoms with Gasteiger partial charge in [-0.3, -0.25) is 0 Å². The van der Waals surface area contributed by atoms with Crippen LogP contribution in [0, 0.1) is 0 Å². The van der Waals surface area contributed by atoms with Crippen molar-refractivity contribution in [1.29, 1.82) is 0 Å². The van der Waals surface area contributed by atoms with Crippen LogP contribution in [-0.2, 0) is 6.54 Å². The molecule has 0 amide bonds. The van der Waals surface area contributed by atoms with Gasteiger partial charge in [0.2, 0.25) is 0 Å². The maximum absolute atomic E-state index is 5.19. The zero-order chi connectivity index (χ0) is 12.8. The summed E-state index contributed by atoms with van der Waals surface area (Å²) in [6.07, 6.45) is 1.58. The Labute approximate surface area is 110 Å². The van der Waals surface area contributed by atoms with E-state index in [1.54, 1.807) is 18.4 Å². The second-order valence-electron chi connectivity index (χ2n) is 3.93. The summed E-state index contributed by atoms with van der Waals surface area (Å²) in [5.41, 5.74) is 0. The van der Waals surface area contributed by atoms with Crippen molar-refractivity contribution in [2.45, 2.75) is 26.4 Å². The van der Waals surface area contributed by atoms with Crippen LogP contribution in [0.3, 0.4) is 0 Å². The van der Waals surface area contributed by atoms with Gasteiger partial charge in [-0.05, 0) is 24.8 Å². The molecule has 2 aromatic heterocycles. The Morgan fingerprint density at radius 3 is 3.11 bits per heavy atom. The first-order valence-corrected chi connectivity index (χ1v) is 7.12. The number of rotatable bonds is 7. The molecule has 0 spiro atoms. The van der Waals surface area contributed by atoms with Gasteiger partial charge >= 0.3 is 0 Å². The summed E-state index contributed by atoms with van der Waals surface area (Å²) in [6.45, 7) is 4.91. The van der Waals surface area contributed by atoms with Crippen LogP contribution in [-0.4, -0.2) is 27.7 Å². The molecule has 0 aliphatic carbocycles. The highest BCUT2D eigenvalue weighted by Crippen LogP contribution is 2.16. The third-order valence-electron chi connectivity index (χ3n) is 2.38. The number of hydrogen-bond acceptors (Lipinski definition) is 6. The van der Waals surface area contributed by atoms with E-state index in [0.717, 1.165) is 11.5 Å². The largest absolute Gasteiger partial charge is 0.459 e. The van der Waals surface area contributed by atoms with Crippen LogP contribution >= 0.6 is 11.8 Å². The Hall–Kier alpha value is -1.27. The van der Waals surface area contributed by atoms with E-state index in [4.69, 9.17) is 8.94 Å². The van der Waals surface area contributed by atoms with Crippen molar-refractivity contribution in [2.24, 2.45) is 0 Å². The molecule has 1 N–H and O–H groups in total. The maximum atomic E-state index is 5.19. The van der Waals surface area contributed by atoms with Crippen molar-refractivity contribution >= 4 is 11.8 Å². The summed E-state index contributed by atoms with van der Waals surface area (Å²) in [7, 11) is 0. The predicted molar refractivity (Wildman–Crippen MR) is 71.3 cm³/mol. The fourth-order valence-electron chi connectivity index (χ4n) is 1.45. The van der Waals surface area contributed by atoms with Crippen LogP contribution in [0.4, 0.5) is 0 Å². The van der Waals surface area contributed by atoms with Crippen molar-refractivity contribution in [3.63, 3.8) is 0 Å². The molecule has 0 aliphatic heterocycles. The van der Waals surface area contributed by atoms with Gasteiger partial charge in [-0.25, -0.2) is 0 Å². The number of nitrogens with zero attached hydrogens (tertiary/aromatic N) is 2. The van der Waals surface area contributed by atoms with Gasteiger partial charge in [0.25, 0.3) is 5.89 Å². The van der Waals surface area contributed by atoms with E-state index < -0.39 is 0 Å². The van der Waals surface area contributed by atoms with Gasteiger partial charge < -0.3 is 14.3 Å². The molecule has 1 unspecified atom stereocenters. The standard InChI is InChI=1S/C12H17N3O2S/c1-3-18-8-9(2)13-7-11-14-12(17-15-11)10-5-4-6-16-10/h4-6,9,13H,3,7-8H2,1-2H3. The van der Waals surface area contributed by atoms with Crippen molar-refractivity contribution in [3.8, 4) is 11.7 Å². The number of nitrogens with one attached hydrogen (secondary N) is 1. The minimum absolute atomic E-state index is 0.424. The highest BCUT2D eigenvalue weighted by atomic mass is 32.2. The molecule has 6 heteroatoms. The summed E-state index contributed by atoms with van der Waals surface area (Å²) in [5, 5.41) is 7.26. The van der Waals surface area contributed by atoms with Crippen LogP contribution in [0.2, 0.25) is 0 Å². The zero-order valence-electron chi connectivity index (χ0n) is 10.5. The first-order chi connectivity index (χ1) is 8.79. The third-order valence-corrected chi connectivity index (χ3v) is 3.52. The lowest BCUT2D eigenvalue weighted by Crippen LogP contribution is -2.28. The molecule has 1 atom stereocenters. The van der Waals surface area contributed by atoms with Gasteiger partial charge in [0.15, 0.2) is 11.6 Å². The Balaban J connectivity index is 1.84. The van der Waals surface area contributed by atoms with E-state index in [-0.39, 0.29) is 0 Å². The highest BCUT2D eigenvalue weighted by molar-refractivity contribution is 7.99. The summed E-state index contributed by atoms with van der Waals surface area (Å²) in [5.74, 6) is 3.89. The molecular formula is C12H17N3O2S. The Morgan fingerprint density at radius 2 is 2.39 bits per heavy atom.